The number of nitrogens with one attached hydrogen (secondary N) is 2. The Morgan fingerprint density at radius 2 is 1.89 bits per heavy atom. The smallest absolute Gasteiger partial charge is 0.399 e. The summed E-state index contributed by atoms with van der Waals surface area (Å²) in [5.41, 5.74) is 0.0950. The zero-order chi connectivity index (χ0) is 26.1. The van der Waals surface area contributed by atoms with Gasteiger partial charge in [-0.25, -0.2) is 15.0 Å². The molecule has 1 saturated carbocycles. The number of hydrogen-bond acceptors (Lipinski definition) is 6. The lowest BCUT2D eigenvalue weighted by atomic mass is 9.78. The molecule has 2 heterocycles. The Hall–Kier alpha value is -2.82. The first-order chi connectivity index (χ1) is 17.0. The van der Waals surface area contributed by atoms with E-state index in [-0.39, 0.29) is 5.91 Å². The summed E-state index contributed by atoms with van der Waals surface area (Å²) in [6, 6.07) is 6.45. The Morgan fingerprint density at radius 3 is 2.47 bits per heavy atom. The maximum absolute atomic E-state index is 13.9. The van der Waals surface area contributed by atoms with Gasteiger partial charge < -0.3 is 19.5 Å². The number of carbonyl (C=O) groups excluding carboxylic acids is 1. The number of halogens is 1. The first-order valence-electron chi connectivity index (χ1n) is 12.1. The Labute approximate surface area is 217 Å². The van der Waals surface area contributed by atoms with Gasteiger partial charge in [-0.15, -0.1) is 0 Å². The summed E-state index contributed by atoms with van der Waals surface area (Å²) in [7, 11) is -0.638. The average Bonchev–Trinajstić information content (AvgIpc) is 3.61. The Morgan fingerprint density at radius 1 is 1.25 bits per heavy atom. The number of anilines is 1. The maximum atomic E-state index is 13.9. The molecule has 1 aliphatic carbocycles. The van der Waals surface area contributed by atoms with Crippen molar-refractivity contribution in [1.29, 1.82) is 5.41 Å². The molecule has 0 bridgehead atoms. The van der Waals surface area contributed by atoms with Gasteiger partial charge in [-0.1, -0.05) is 11.6 Å². The number of rotatable bonds is 8. The van der Waals surface area contributed by atoms with Gasteiger partial charge in [0, 0.05) is 29.5 Å². The molecule has 0 radical (unpaired) electrons. The number of nitrogens with zero attached hydrogens (tertiary/aromatic N) is 4. The molecule has 2 N–H and O–H groups in total. The number of hydrogen-bond donors (Lipinski definition) is 2. The van der Waals surface area contributed by atoms with Crippen molar-refractivity contribution < 1.29 is 14.1 Å². The van der Waals surface area contributed by atoms with Gasteiger partial charge >= 0.3 is 7.12 Å². The summed E-state index contributed by atoms with van der Waals surface area (Å²) in [4.78, 5) is 28.2. The lowest BCUT2D eigenvalue weighted by Crippen LogP contribution is -2.47. The van der Waals surface area contributed by atoms with E-state index in [1.807, 2.05) is 34.6 Å². The van der Waals surface area contributed by atoms with Crippen LogP contribution in [-0.2, 0) is 9.31 Å². The number of benzene rings is 1. The van der Waals surface area contributed by atoms with Crippen LogP contribution in [0, 0.1) is 11.3 Å². The molecule has 2 aromatic rings. The van der Waals surface area contributed by atoms with Crippen molar-refractivity contribution in [2.45, 2.75) is 64.7 Å². The van der Waals surface area contributed by atoms with Crippen molar-refractivity contribution in [1.82, 2.24) is 14.9 Å². The summed E-state index contributed by atoms with van der Waals surface area (Å²) >= 11 is 6.47. The highest BCUT2D eigenvalue weighted by Gasteiger charge is 2.52. The normalized spacial score (nSPS) is 19.6. The number of aromatic nitrogens is 2. The van der Waals surface area contributed by atoms with Crippen LogP contribution in [-0.4, -0.2) is 63.9 Å². The fraction of sp³-hybridized carbons (Fsp3) is 0.480. The molecule has 1 amide bonds. The van der Waals surface area contributed by atoms with Gasteiger partial charge in [0.05, 0.1) is 17.2 Å². The molecule has 1 unspecified atom stereocenters. The van der Waals surface area contributed by atoms with Gasteiger partial charge in [0.1, 0.15) is 12.2 Å². The number of carbonyl (C=O) groups is 1. The minimum Gasteiger partial charge on any atom is -0.399 e. The fourth-order valence-electron chi connectivity index (χ4n) is 3.95. The maximum Gasteiger partial charge on any atom is 0.494 e. The molecule has 2 aliphatic rings. The number of amides is 1. The minimum absolute atomic E-state index is 0.192. The van der Waals surface area contributed by atoms with Gasteiger partial charge in [-0.05, 0) is 83.1 Å². The average molecular weight is 511 g/mol. The van der Waals surface area contributed by atoms with Gasteiger partial charge in [0.2, 0.25) is 5.95 Å². The second-order valence-electron chi connectivity index (χ2n) is 10.3. The molecule has 4 rings (SSSR count). The van der Waals surface area contributed by atoms with E-state index in [0.717, 1.165) is 19.2 Å². The predicted octanol–water partition coefficient (Wildman–Crippen LogP) is 3.79. The second kappa shape index (κ2) is 10.3. The third kappa shape index (κ3) is 5.77. The van der Waals surface area contributed by atoms with Gasteiger partial charge in [-0.2, -0.15) is 0 Å². The highest BCUT2D eigenvalue weighted by atomic mass is 35.5. The molecular formula is C25H32BClN6O3. The van der Waals surface area contributed by atoms with Crippen LogP contribution in [0.4, 0.5) is 5.95 Å². The van der Waals surface area contributed by atoms with Crippen LogP contribution in [0.5, 0.6) is 0 Å². The van der Waals surface area contributed by atoms with Crippen LogP contribution in [0.3, 0.4) is 0 Å². The van der Waals surface area contributed by atoms with Crippen LogP contribution >= 0.6 is 11.6 Å². The first-order valence-corrected chi connectivity index (χ1v) is 12.5. The predicted molar refractivity (Wildman–Crippen MR) is 142 cm³/mol. The number of amidine groups is 1. The van der Waals surface area contributed by atoms with Crippen molar-refractivity contribution in [3.63, 3.8) is 0 Å². The van der Waals surface area contributed by atoms with Gasteiger partial charge in [-0.3, -0.25) is 10.2 Å². The molecule has 2 fully saturated rings. The Kier molecular flexibility index (Phi) is 7.50. The zero-order valence-electron chi connectivity index (χ0n) is 21.3. The van der Waals surface area contributed by atoms with E-state index in [2.05, 4.69) is 20.3 Å². The Bertz CT molecular complexity index is 1140. The van der Waals surface area contributed by atoms with Crippen LogP contribution in [0.15, 0.2) is 41.7 Å². The largest absolute Gasteiger partial charge is 0.494 e. The third-order valence-corrected chi connectivity index (χ3v) is 7.20. The van der Waals surface area contributed by atoms with Crippen LogP contribution < -0.4 is 10.8 Å². The quantitative estimate of drug-likeness (QED) is 0.317. The molecule has 190 valence electrons. The second-order valence-corrected chi connectivity index (χ2v) is 10.7. The fourth-order valence-corrected chi connectivity index (χ4v) is 4.20. The van der Waals surface area contributed by atoms with E-state index in [9.17, 15) is 4.79 Å². The molecule has 11 heteroatoms. The van der Waals surface area contributed by atoms with E-state index in [0.29, 0.717) is 40.3 Å². The van der Waals surface area contributed by atoms with Crippen molar-refractivity contribution >= 4 is 48.2 Å². The topological polar surface area (TPSA) is 113 Å². The van der Waals surface area contributed by atoms with E-state index < -0.39 is 24.4 Å². The van der Waals surface area contributed by atoms with E-state index in [1.165, 1.54) is 0 Å². The molecule has 9 nitrogen and oxygen atoms in total. The lowest BCUT2D eigenvalue weighted by Gasteiger charge is -2.32. The van der Waals surface area contributed by atoms with E-state index in [4.69, 9.17) is 26.3 Å². The van der Waals surface area contributed by atoms with Gasteiger partial charge in [0.25, 0.3) is 5.91 Å². The molecule has 36 heavy (non-hydrogen) atoms. The molecule has 1 atom stereocenters. The van der Waals surface area contributed by atoms with Crippen LogP contribution in [0.2, 0.25) is 5.02 Å². The molecule has 1 aromatic carbocycles. The monoisotopic (exact) mass is 510 g/mol. The highest BCUT2D eigenvalue weighted by molar-refractivity contribution is 6.62. The summed E-state index contributed by atoms with van der Waals surface area (Å²) in [5.74, 6) is 0.975. The third-order valence-electron chi connectivity index (χ3n) is 6.98. The van der Waals surface area contributed by atoms with Crippen LogP contribution in [0.1, 0.15) is 57.8 Å². The van der Waals surface area contributed by atoms with Gasteiger partial charge in [0.15, 0.2) is 0 Å². The zero-order valence-corrected chi connectivity index (χ0v) is 22.0. The number of aliphatic imine (C=N–C) groups is 1. The SMILES string of the molecule is CC(/C(=N/C=N)Nc1ncccn1)N(CC1CC1)C(=O)c1cc(Cl)cc(B2OC(C)(C)C(C)(C)O2)c1. The standard InChI is InChI=1S/C25H32BClN6O3/c1-16(21(31-15-28)32-23-29-9-6-10-30-23)33(14-17-7-8-17)22(34)18-11-19(13-20(27)12-18)26-35-24(2,3)25(4,5)36-26/h6,9-13,15-17H,7-8,14H2,1-5H3,(H2,28,29,30,31,32). The minimum atomic E-state index is -0.638. The highest BCUT2D eigenvalue weighted by Crippen LogP contribution is 2.37. The van der Waals surface area contributed by atoms with E-state index in [1.54, 1.807) is 41.6 Å². The Balaban J connectivity index is 1.63. The molecule has 1 aromatic heterocycles. The molecule has 0 spiro atoms. The summed E-state index contributed by atoms with van der Waals surface area (Å²) in [5, 5.41) is 11.0. The summed E-state index contributed by atoms with van der Waals surface area (Å²) in [6.45, 7) is 10.4. The van der Waals surface area contributed by atoms with Crippen molar-refractivity contribution in [2.24, 2.45) is 10.9 Å². The lowest BCUT2D eigenvalue weighted by molar-refractivity contribution is 0.00578. The summed E-state index contributed by atoms with van der Waals surface area (Å²) in [6.07, 6.45) is 6.29. The van der Waals surface area contributed by atoms with Crippen molar-refractivity contribution in [3.8, 4) is 0 Å². The summed E-state index contributed by atoms with van der Waals surface area (Å²) < 4.78 is 12.4. The first kappa shape index (κ1) is 26.3. The molecule has 1 aliphatic heterocycles. The molecule has 1 saturated heterocycles. The van der Waals surface area contributed by atoms with E-state index >= 15 is 0 Å². The van der Waals surface area contributed by atoms with Crippen LogP contribution in [0.25, 0.3) is 0 Å². The van der Waals surface area contributed by atoms with Crippen molar-refractivity contribution in [2.75, 3.05) is 11.9 Å². The molecular weight excluding hydrogens is 479 g/mol. The van der Waals surface area contributed by atoms with Crippen molar-refractivity contribution in [3.05, 3.63) is 47.2 Å².